The second-order valence-corrected chi connectivity index (χ2v) is 2.52. The molecule has 0 heterocycles. The molecule has 0 radical (unpaired) electrons. The number of rotatable bonds is 6. The van der Waals surface area contributed by atoms with Gasteiger partial charge < -0.3 is 5.73 Å². The number of nitrogens with two attached hydrogens (primary N) is 1. The topological polar surface area (TPSA) is 26.0 Å². The van der Waals surface area contributed by atoms with Gasteiger partial charge in [-0.15, -0.1) is 0 Å². The van der Waals surface area contributed by atoms with Crippen LogP contribution in [0.1, 0.15) is 39.0 Å². The van der Waals surface area contributed by atoms with Gasteiger partial charge in [-0.1, -0.05) is 25.5 Å². The molecular weight excluding hydrogens is 122 g/mol. The number of unbranched alkanes of at least 4 members (excludes halogenated alkanes) is 3. The first-order chi connectivity index (χ1) is 4.91. The average Bonchev–Trinajstić information content (AvgIpc) is 1.97. The Kier molecular flexibility index (Phi) is 8.44. The van der Waals surface area contributed by atoms with E-state index in [0.717, 1.165) is 13.0 Å². The molecule has 2 N–H and O–H groups in total. The molecule has 0 aromatic rings. The summed E-state index contributed by atoms with van der Waals surface area (Å²) >= 11 is 0. The lowest BCUT2D eigenvalue weighted by molar-refractivity contribution is 0.695. The van der Waals surface area contributed by atoms with Crippen molar-refractivity contribution >= 4 is 0 Å². The highest BCUT2D eigenvalue weighted by atomic mass is 14.5. The van der Waals surface area contributed by atoms with Crippen LogP contribution in [0, 0.1) is 0 Å². The van der Waals surface area contributed by atoms with E-state index in [4.69, 9.17) is 5.73 Å². The first kappa shape index (κ1) is 9.70. The van der Waals surface area contributed by atoms with Crippen LogP contribution in [0.2, 0.25) is 0 Å². The second kappa shape index (κ2) is 8.70. The number of hydrogen-bond donors (Lipinski definition) is 1. The molecule has 1 nitrogen and oxygen atoms in total. The molecule has 0 unspecified atom stereocenters. The van der Waals surface area contributed by atoms with E-state index >= 15 is 0 Å². The van der Waals surface area contributed by atoms with Gasteiger partial charge in [0.05, 0.1) is 0 Å². The summed E-state index contributed by atoms with van der Waals surface area (Å²) in [6.07, 6.45) is 10.6. The monoisotopic (exact) mass is 141 g/mol. The minimum Gasteiger partial charge on any atom is -0.330 e. The fourth-order valence-corrected chi connectivity index (χ4v) is 0.868. The Balaban J connectivity index is 2.83. The lowest BCUT2D eigenvalue weighted by atomic mass is 10.2. The molecule has 0 aliphatic heterocycles. The summed E-state index contributed by atoms with van der Waals surface area (Å²) in [5.74, 6) is 0. The van der Waals surface area contributed by atoms with Gasteiger partial charge in [0, 0.05) is 0 Å². The lowest BCUT2D eigenvalue weighted by Crippen LogP contribution is -1.97. The van der Waals surface area contributed by atoms with E-state index in [-0.39, 0.29) is 0 Å². The molecule has 0 bridgehead atoms. The Morgan fingerprint density at radius 3 is 2.50 bits per heavy atom. The van der Waals surface area contributed by atoms with Crippen LogP contribution < -0.4 is 5.73 Å². The number of hydrogen-bond acceptors (Lipinski definition) is 1. The summed E-state index contributed by atoms with van der Waals surface area (Å²) in [5, 5.41) is 0. The van der Waals surface area contributed by atoms with Gasteiger partial charge >= 0.3 is 0 Å². The van der Waals surface area contributed by atoms with Crippen LogP contribution in [-0.2, 0) is 0 Å². The van der Waals surface area contributed by atoms with Crippen molar-refractivity contribution in [3.05, 3.63) is 12.2 Å². The molecule has 0 aliphatic carbocycles. The smallest absolute Gasteiger partial charge is 0.00773 e. The fourth-order valence-electron chi connectivity index (χ4n) is 0.868. The van der Waals surface area contributed by atoms with E-state index in [0.29, 0.717) is 0 Å². The van der Waals surface area contributed by atoms with Crippen molar-refractivity contribution in [3.63, 3.8) is 0 Å². The van der Waals surface area contributed by atoms with Crippen LogP contribution in [0.3, 0.4) is 0 Å². The molecule has 0 saturated carbocycles. The molecule has 60 valence electrons. The maximum Gasteiger partial charge on any atom is -0.00773 e. The zero-order valence-electron chi connectivity index (χ0n) is 6.97. The summed E-state index contributed by atoms with van der Waals surface area (Å²) < 4.78 is 0. The van der Waals surface area contributed by atoms with E-state index in [9.17, 15) is 0 Å². The van der Waals surface area contributed by atoms with Gasteiger partial charge in [0.25, 0.3) is 0 Å². The predicted molar refractivity (Wildman–Crippen MR) is 47.0 cm³/mol. The molecule has 0 aromatic heterocycles. The molecule has 10 heavy (non-hydrogen) atoms. The summed E-state index contributed by atoms with van der Waals surface area (Å²) in [4.78, 5) is 0. The van der Waals surface area contributed by atoms with Gasteiger partial charge in [0.15, 0.2) is 0 Å². The van der Waals surface area contributed by atoms with Crippen LogP contribution >= 0.6 is 0 Å². The highest BCUT2D eigenvalue weighted by molar-refractivity contribution is 4.79. The molecule has 0 amide bonds. The standard InChI is InChI=1S/C9H19N/c1-2-3-4-5-6-7-8-9-10/h3-4H,2,5-10H2,1H3/b4-3+. The predicted octanol–water partition coefficient (Wildman–Crippen LogP) is 2.47. The van der Waals surface area contributed by atoms with Crippen molar-refractivity contribution in [1.29, 1.82) is 0 Å². The molecule has 0 spiro atoms. The molecule has 0 rings (SSSR count). The Hall–Kier alpha value is -0.300. The van der Waals surface area contributed by atoms with Crippen molar-refractivity contribution < 1.29 is 0 Å². The largest absolute Gasteiger partial charge is 0.330 e. The van der Waals surface area contributed by atoms with Crippen LogP contribution in [-0.4, -0.2) is 6.54 Å². The van der Waals surface area contributed by atoms with Gasteiger partial charge in [0.2, 0.25) is 0 Å². The molecule has 0 aromatic carbocycles. The third-order valence-electron chi connectivity index (χ3n) is 1.48. The van der Waals surface area contributed by atoms with Crippen LogP contribution in [0.25, 0.3) is 0 Å². The Labute approximate surface area is 64.3 Å². The normalized spacial score (nSPS) is 11.0. The van der Waals surface area contributed by atoms with E-state index in [2.05, 4.69) is 19.1 Å². The van der Waals surface area contributed by atoms with Gasteiger partial charge in [-0.2, -0.15) is 0 Å². The van der Waals surface area contributed by atoms with Gasteiger partial charge in [-0.3, -0.25) is 0 Å². The van der Waals surface area contributed by atoms with E-state index < -0.39 is 0 Å². The summed E-state index contributed by atoms with van der Waals surface area (Å²) in [6, 6.07) is 0. The quantitative estimate of drug-likeness (QED) is 0.446. The van der Waals surface area contributed by atoms with Crippen molar-refractivity contribution in [2.45, 2.75) is 39.0 Å². The van der Waals surface area contributed by atoms with Crippen molar-refractivity contribution in [2.75, 3.05) is 6.54 Å². The Morgan fingerprint density at radius 2 is 1.90 bits per heavy atom. The fraction of sp³-hybridized carbons (Fsp3) is 0.778. The summed E-state index contributed by atoms with van der Waals surface area (Å²) in [7, 11) is 0. The molecule has 0 aliphatic rings. The summed E-state index contributed by atoms with van der Waals surface area (Å²) in [5.41, 5.74) is 5.35. The Bertz CT molecular complexity index is 76.8. The second-order valence-electron chi connectivity index (χ2n) is 2.52. The van der Waals surface area contributed by atoms with Crippen LogP contribution in [0.15, 0.2) is 12.2 Å². The third kappa shape index (κ3) is 7.70. The van der Waals surface area contributed by atoms with Crippen LogP contribution in [0.4, 0.5) is 0 Å². The average molecular weight is 141 g/mol. The number of allylic oxidation sites excluding steroid dienone is 2. The lowest BCUT2D eigenvalue weighted by Gasteiger charge is -1.93. The molecule has 0 saturated heterocycles. The third-order valence-corrected chi connectivity index (χ3v) is 1.48. The molecule has 1 heteroatoms. The van der Waals surface area contributed by atoms with Crippen molar-refractivity contribution in [2.24, 2.45) is 5.73 Å². The first-order valence-corrected chi connectivity index (χ1v) is 4.27. The molecule has 0 atom stereocenters. The van der Waals surface area contributed by atoms with E-state index in [1.54, 1.807) is 0 Å². The minimum absolute atomic E-state index is 0.845. The van der Waals surface area contributed by atoms with Gasteiger partial charge in [-0.25, -0.2) is 0 Å². The maximum atomic E-state index is 5.35. The van der Waals surface area contributed by atoms with E-state index in [1.807, 2.05) is 0 Å². The van der Waals surface area contributed by atoms with Crippen molar-refractivity contribution in [1.82, 2.24) is 0 Å². The summed E-state index contributed by atoms with van der Waals surface area (Å²) in [6.45, 7) is 3.01. The zero-order chi connectivity index (χ0) is 7.66. The van der Waals surface area contributed by atoms with E-state index in [1.165, 1.54) is 25.7 Å². The maximum absolute atomic E-state index is 5.35. The molecule has 0 fully saturated rings. The highest BCUT2D eigenvalue weighted by Crippen LogP contribution is 1.99. The van der Waals surface area contributed by atoms with Gasteiger partial charge in [-0.05, 0) is 32.2 Å². The first-order valence-electron chi connectivity index (χ1n) is 4.27. The van der Waals surface area contributed by atoms with Crippen molar-refractivity contribution in [3.8, 4) is 0 Å². The zero-order valence-corrected chi connectivity index (χ0v) is 6.97. The van der Waals surface area contributed by atoms with Gasteiger partial charge in [0.1, 0.15) is 0 Å². The SMILES string of the molecule is CC/C=C/CCCCCN. The molecular formula is C9H19N. The Morgan fingerprint density at radius 1 is 1.10 bits per heavy atom. The highest BCUT2D eigenvalue weighted by Gasteiger charge is 1.82. The van der Waals surface area contributed by atoms with Crippen LogP contribution in [0.5, 0.6) is 0 Å². The minimum atomic E-state index is 0.845.